The van der Waals surface area contributed by atoms with Crippen molar-refractivity contribution in [2.45, 2.75) is 24.0 Å². The smallest absolute Gasteiger partial charge is 0.316 e. The van der Waals surface area contributed by atoms with Gasteiger partial charge in [-0.15, -0.1) is 12.4 Å². The molecule has 122 valence electrons. The van der Waals surface area contributed by atoms with Crippen molar-refractivity contribution in [2.24, 2.45) is 0 Å². The monoisotopic (exact) mass is 410 g/mol. The fourth-order valence-electron chi connectivity index (χ4n) is 1.37. The maximum absolute atomic E-state index is 12.9. The van der Waals surface area contributed by atoms with Crippen LogP contribution < -0.4 is 10.0 Å². The van der Waals surface area contributed by atoms with Gasteiger partial charge in [-0.3, -0.25) is 0 Å². The Morgan fingerprint density at radius 2 is 1.90 bits per heavy atom. The molecule has 0 bridgehead atoms. The van der Waals surface area contributed by atoms with Crippen LogP contribution in [0.25, 0.3) is 0 Å². The third-order valence-corrected chi connectivity index (χ3v) is 4.58. The van der Waals surface area contributed by atoms with Crippen LogP contribution in [-0.2, 0) is 16.2 Å². The van der Waals surface area contributed by atoms with Crippen molar-refractivity contribution < 1.29 is 21.6 Å². The lowest BCUT2D eigenvalue weighted by Crippen LogP contribution is -2.37. The second-order valence-corrected chi connectivity index (χ2v) is 6.83. The van der Waals surface area contributed by atoms with Crippen LogP contribution >= 0.6 is 28.3 Å². The molecule has 0 saturated carbocycles. The molecule has 0 fully saturated rings. The Labute approximate surface area is 136 Å². The lowest BCUT2D eigenvalue weighted by molar-refractivity contribution is -0.139. The highest BCUT2D eigenvalue weighted by molar-refractivity contribution is 9.10. The summed E-state index contributed by atoms with van der Waals surface area (Å²) >= 11 is 2.90. The molecule has 0 radical (unpaired) electrons. The lowest BCUT2D eigenvalue weighted by Gasteiger charge is -2.16. The third-order valence-electron chi connectivity index (χ3n) is 2.61. The summed E-state index contributed by atoms with van der Waals surface area (Å²) in [6, 6.07) is 2.73. The average molecular weight is 412 g/mol. The molecular formula is C11H15BrClF3N2O2S. The van der Waals surface area contributed by atoms with Gasteiger partial charge in [0.25, 0.3) is 0 Å². The zero-order valence-corrected chi connectivity index (χ0v) is 14.4. The molecule has 0 aromatic heterocycles. The van der Waals surface area contributed by atoms with Crippen molar-refractivity contribution in [3.8, 4) is 0 Å². The quantitative estimate of drug-likeness (QED) is 0.783. The minimum absolute atomic E-state index is 0. The number of hydrogen-bond acceptors (Lipinski definition) is 3. The summed E-state index contributed by atoms with van der Waals surface area (Å²) in [5.41, 5.74) is -1.20. The van der Waals surface area contributed by atoms with Gasteiger partial charge in [0.2, 0.25) is 10.0 Å². The number of hydrogen-bond donors (Lipinski definition) is 2. The summed E-state index contributed by atoms with van der Waals surface area (Å²) in [6.45, 7) is 1.70. The van der Waals surface area contributed by atoms with E-state index in [2.05, 4.69) is 26.0 Å². The molecule has 0 aliphatic heterocycles. The van der Waals surface area contributed by atoms with Gasteiger partial charge in [-0.2, -0.15) is 13.2 Å². The van der Waals surface area contributed by atoms with Crippen molar-refractivity contribution in [1.82, 2.24) is 10.0 Å². The van der Waals surface area contributed by atoms with Crippen LogP contribution in [0.15, 0.2) is 27.6 Å². The van der Waals surface area contributed by atoms with Crippen LogP contribution in [0, 0.1) is 0 Å². The molecule has 1 unspecified atom stereocenters. The van der Waals surface area contributed by atoms with E-state index in [0.717, 1.165) is 12.1 Å². The Balaban J connectivity index is 0.00000400. The molecule has 4 nitrogen and oxygen atoms in total. The van der Waals surface area contributed by atoms with E-state index in [1.54, 1.807) is 14.0 Å². The summed E-state index contributed by atoms with van der Waals surface area (Å²) in [5, 5.41) is 2.79. The van der Waals surface area contributed by atoms with Gasteiger partial charge >= 0.3 is 6.18 Å². The largest absolute Gasteiger partial charge is 0.417 e. The van der Waals surface area contributed by atoms with Gasteiger partial charge in [-0.25, -0.2) is 13.1 Å². The van der Waals surface area contributed by atoms with Crippen molar-refractivity contribution >= 4 is 38.4 Å². The summed E-state index contributed by atoms with van der Waals surface area (Å²) in [5.74, 6) is 0. The number of alkyl halides is 3. The van der Waals surface area contributed by atoms with E-state index in [1.807, 2.05) is 0 Å². The van der Waals surface area contributed by atoms with E-state index in [-0.39, 0.29) is 29.5 Å². The molecule has 10 heteroatoms. The van der Waals surface area contributed by atoms with E-state index in [0.29, 0.717) is 0 Å². The van der Waals surface area contributed by atoms with Gasteiger partial charge in [0.1, 0.15) is 0 Å². The van der Waals surface area contributed by atoms with Gasteiger partial charge in [-0.05, 0) is 32.2 Å². The number of sulfonamides is 1. The summed E-state index contributed by atoms with van der Waals surface area (Å²) in [7, 11) is -2.60. The first-order valence-corrected chi connectivity index (χ1v) is 7.89. The highest BCUT2D eigenvalue weighted by atomic mass is 79.9. The Morgan fingerprint density at radius 3 is 2.38 bits per heavy atom. The average Bonchev–Trinajstić information content (AvgIpc) is 2.34. The van der Waals surface area contributed by atoms with E-state index >= 15 is 0 Å². The number of benzene rings is 1. The summed E-state index contributed by atoms with van der Waals surface area (Å²) in [6.07, 6.45) is -4.75. The summed E-state index contributed by atoms with van der Waals surface area (Å²) < 4.78 is 65.0. The number of nitrogens with one attached hydrogen (secondary N) is 2. The van der Waals surface area contributed by atoms with Crippen LogP contribution in [0.4, 0.5) is 13.2 Å². The predicted molar refractivity (Wildman–Crippen MR) is 80.1 cm³/mol. The van der Waals surface area contributed by atoms with Gasteiger partial charge in [0, 0.05) is 17.1 Å². The van der Waals surface area contributed by atoms with Crippen LogP contribution in [-0.4, -0.2) is 28.1 Å². The molecule has 0 saturated heterocycles. The van der Waals surface area contributed by atoms with Crippen LogP contribution in [0.2, 0.25) is 0 Å². The highest BCUT2D eigenvalue weighted by Crippen LogP contribution is 2.35. The zero-order chi connectivity index (χ0) is 15.6. The van der Waals surface area contributed by atoms with E-state index in [4.69, 9.17) is 0 Å². The van der Waals surface area contributed by atoms with Gasteiger partial charge in [0.15, 0.2) is 0 Å². The van der Waals surface area contributed by atoms with Crippen LogP contribution in [0.1, 0.15) is 12.5 Å². The molecule has 1 atom stereocenters. The molecule has 21 heavy (non-hydrogen) atoms. The van der Waals surface area contributed by atoms with Gasteiger partial charge in [0.05, 0.1) is 10.5 Å². The first-order valence-electron chi connectivity index (χ1n) is 5.61. The molecule has 1 rings (SSSR count). The number of halogens is 5. The fourth-order valence-corrected chi connectivity index (χ4v) is 3.07. The molecule has 1 aromatic carbocycles. The highest BCUT2D eigenvalue weighted by Gasteiger charge is 2.37. The fraction of sp³-hybridized carbons (Fsp3) is 0.455. The van der Waals surface area contributed by atoms with Crippen molar-refractivity contribution in [3.63, 3.8) is 0 Å². The summed E-state index contributed by atoms with van der Waals surface area (Å²) in [4.78, 5) is -0.781. The maximum Gasteiger partial charge on any atom is 0.417 e. The normalized spacial score (nSPS) is 13.6. The third kappa shape index (κ3) is 5.74. The number of likely N-dealkylation sites (N-methyl/N-ethyl adjacent to an activating group) is 1. The van der Waals surface area contributed by atoms with Crippen molar-refractivity contribution in [3.05, 3.63) is 28.2 Å². The zero-order valence-electron chi connectivity index (χ0n) is 11.2. The second kappa shape index (κ2) is 7.77. The first-order chi connectivity index (χ1) is 9.08. The van der Waals surface area contributed by atoms with E-state index < -0.39 is 26.7 Å². The molecule has 2 N–H and O–H groups in total. The van der Waals surface area contributed by atoms with Crippen LogP contribution in [0.5, 0.6) is 0 Å². The SMILES string of the molecule is CNC(C)CNS(=O)(=O)c1ccc(Br)cc1C(F)(F)F.Cl. The van der Waals surface area contributed by atoms with Crippen molar-refractivity contribution in [1.29, 1.82) is 0 Å². The Kier molecular flexibility index (Phi) is 7.64. The lowest BCUT2D eigenvalue weighted by atomic mass is 10.2. The Hall–Kier alpha value is -0.350. The molecule has 0 aliphatic carbocycles. The molecule has 0 amide bonds. The van der Waals surface area contributed by atoms with Crippen molar-refractivity contribution in [2.75, 3.05) is 13.6 Å². The Morgan fingerprint density at radius 1 is 1.33 bits per heavy atom. The molecule has 0 aliphatic rings. The van der Waals surface area contributed by atoms with Crippen LogP contribution in [0.3, 0.4) is 0 Å². The molecule has 1 aromatic rings. The predicted octanol–water partition coefficient (Wildman–Crippen LogP) is 2.78. The second-order valence-electron chi connectivity index (χ2n) is 4.18. The standard InChI is InChI=1S/C11H14BrF3N2O2S.ClH/c1-7(16-2)6-17-20(18,19)10-4-3-8(12)5-9(10)11(13,14)15;/h3-5,7,16-17H,6H2,1-2H3;1H. The first kappa shape index (κ1) is 20.6. The molecular weight excluding hydrogens is 397 g/mol. The van der Waals surface area contributed by atoms with E-state index in [1.165, 1.54) is 6.07 Å². The minimum Gasteiger partial charge on any atom is -0.316 e. The molecule has 0 heterocycles. The Bertz CT molecular complexity index is 581. The van der Waals surface area contributed by atoms with E-state index in [9.17, 15) is 21.6 Å². The maximum atomic E-state index is 12.9. The molecule has 0 spiro atoms. The van der Waals surface area contributed by atoms with Gasteiger partial charge < -0.3 is 5.32 Å². The topological polar surface area (TPSA) is 58.2 Å². The van der Waals surface area contributed by atoms with Gasteiger partial charge in [-0.1, -0.05) is 15.9 Å². The number of rotatable bonds is 5. The minimum atomic E-state index is -4.75.